The Hall–Kier alpha value is -6.52. The number of aromatic nitrogens is 3. The van der Waals surface area contributed by atoms with Crippen LogP contribution in [0, 0.1) is 0 Å². The summed E-state index contributed by atoms with van der Waals surface area (Å²) in [6.07, 6.45) is 0. The molecule has 3 aromatic heterocycles. The summed E-state index contributed by atoms with van der Waals surface area (Å²) < 4.78 is 8.31. The highest BCUT2D eigenvalue weighted by atomic mass is 16.3. The minimum atomic E-state index is 0.652. The Morgan fingerprint density at radius 3 is 1.90 bits per heavy atom. The van der Waals surface area contributed by atoms with Gasteiger partial charge in [0, 0.05) is 32.5 Å². The van der Waals surface area contributed by atoms with Crippen LogP contribution in [-0.2, 0) is 0 Å². The lowest BCUT2D eigenvalue weighted by Crippen LogP contribution is -2.03. The molecule has 10 rings (SSSR count). The molecule has 0 aliphatic rings. The Bertz CT molecular complexity index is 2840. The number of rotatable bonds is 4. The number of nitrogens with zero attached hydrogens (tertiary/aromatic N) is 3. The van der Waals surface area contributed by atoms with Gasteiger partial charge < -0.3 is 4.42 Å². The zero-order chi connectivity index (χ0) is 31.6. The van der Waals surface area contributed by atoms with E-state index >= 15 is 0 Å². The average molecular weight is 614 g/mol. The number of para-hydroxylation sites is 3. The molecule has 224 valence electrons. The number of hydrogen-bond donors (Lipinski definition) is 0. The van der Waals surface area contributed by atoms with E-state index in [9.17, 15) is 0 Å². The first kappa shape index (κ1) is 26.7. The van der Waals surface area contributed by atoms with Gasteiger partial charge in [-0.1, -0.05) is 115 Å². The zero-order valence-corrected chi connectivity index (χ0v) is 25.8. The molecule has 0 saturated heterocycles. The van der Waals surface area contributed by atoms with Crippen molar-refractivity contribution in [3.05, 3.63) is 164 Å². The first-order valence-electron chi connectivity index (χ1n) is 16.2. The van der Waals surface area contributed by atoms with Crippen LogP contribution in [-0.4, -0.2) is 14.5 Å². The van der Waals surface area contributed by atoms with Gasteiger partial charge in [-0.25, -0.2) is 9.97 Å². The Labute approximate surface area is 276 Å². The third-order valence-electron chi connectivity index (χ3n) is 9.42. The molecule has 48 heavy (non-hydrogen) atoms. The molecule has 4 heteroatoms. The molecule has 0 N–H and O–H groups in total. The fraction of sp³-hybridized carbons (Fsp3) is 0. The van der Waals surface area contributed by atoms with E-state index in [4.69, 9.17) is 14.4 Å². The van der Waals surface area contributed by atoms with Crippen LogP contribution in [0.15, 0.2) is 168 Å². The third-order valence-corrected chi connectivity index (χ3v) is 9.42. The molecule has 3 heterocycles. The van der Waals surface area contributed by atoms with Crippen LogP contribution >= 0.6 is 0 Å². The quantitative estimate of drug-likeness (QED) is 0.198. The Morgan fingerprint density at radius 1 is 0.375 bits per heavy atom. The molecule has 0 aliphatic carbocycles. The van der Waals surface area contributed by atoms with Crippen molar-refractivity contribution in [1.82, 2.24) is 14.5 Å². The second-order valence-corrected chi connectivity index (χ2v) is 12.2. The molecule has 0 saturated carbocycles. The van der Waals surface area contributed by atoms with Crippen molar-refractivity contribution in [2.45, 2.75) is 0 Å². The normalized spacial score (nSPS) is 11.8. The smallest absolute Gasteiger partial charge is 0.235 e. The first-order chi connectivity index (χ1) is 23.8. The Balaban J connectivity index is 1.17. The topological polar surface area (TPSA) is 43.9 Å². The van der Waals surface area contributed by atoms with Crippen molar-refractivity contribution in [1.29, 1.82) is 0 Å². The van der Waals surface area contributed by atoms with Gasteiger partial charge in [0.2, 0.25) is 5.95 Å². The summed E-state index contributed by atoms with van der Waals surface area (Å²) in [5.41, 5.74) is 11.4. The van der Waals surface area contributed by atoms with Crippen LogP contribution in [0.4, 0.5) is 0 Å². The van der Waals surface area contributed by atoms with Crippen LogP contribution in [0.1, 0.15) is 0 Å². The van der Waals surface area contributed by atoms with Gasteiger partial charge in [-0.05, 0) is 70.8 Å². The second kappa shape index (κ2) is 10.5. The minimum absolute atomic E-state index is 0.652. The largest absolute Gasteiger partial charge is 0.456 e. The zero-order valence-electron chi connectivity index (χ0n) is 25.8. The molecule has 0 aliphatic heterocycles. The van der Waals surface area contributed by atoms with Crippen LogP contribution in [0.2, 0.25) is 0 Å². The van der Waals surface area contributed by atoms with Gasteiger partial charge in [0.05, 0.1) is 22.2 Å². The van der Waals surface area contributed by atoms with E-state index in [2.05, 4.69) is 144 Å². The van der Waals surface area contributed by atoms with Gasteiger partial charge in [-0.15, -0.1) is 0 Å². The monoisotopic (exact) mass is 613 g/mol. The summed E-state index contributed by atoms with van der Waals surface area (Å²) >= 11 is 0. The highest BCUT2D eigenvalue weighted by Gasteiger charge is 2.18. The Morgan fingerprint density at radius 2 is 1.00 bits per heavy atom. The second-order valence-electron chi connectivity index (χ2n) is 12.2. The maximum Gasteiger partial charge on any atom is 0.235 e. The lowest BCUT2D eigenvalue weighted by Gasteiger charge is -2.13. The van der Waals surface area contributed by atoms with Crippen LogP contribution in [0.5, 0.6) is 0 Å². The summed E-state index contributed by atoms with van der Waals surface area (Å²) in [5, 5.41) is 5.60. The SMILES string of the molecule is c1ccc(-c2cccc(-c3nc(-n4c5ccccc5c5cc(-c6ccc7oc8ccccc8c7c6)ccc54)nc4ccccc34)c2)cc1. The summed E-state index contributed by atoms with van der Waals surface area (Å²) in [6.45, 7) is 0. The van der Waals surface area contributed by atoms with E-state index in [1.807, 2.05) is 24.3 Å². The van der Waals surface area contributed by atoms with Crippen LogP contribution < -0.4 is 0 Å². The van der Waals surface area contributed by atoms with Crippen LogP contribution in [0.3, 0.4) is 0 Å². The van der Waals surface area contributed by atoms with Gasteiger partial charge in [0.15, 0.2) is 0 Å². The van der Waals surface area contributed by atoms with Crippen molar-refractivity contribution in [3.8, 4) is 39.5 Å². The number of hydrogen-bond acceptors (Lipinski definition) is 3. The van der Waals surface area contributed by atoms with Gasteiger partial charge >= 0.3 is 0 Å². The molecule has 0 fully saturated rings. The lowest BCUT2D eigenvalue weighted by atomic mass is 10.00. The number of furan rings is 1. The fourth-order valence-electron chi connectivity index (χ4n) is 7.13. The summed E-state index contributed by atoms with van der Waals surface area (Å²) in [7, 11) is 0. The molecular weight excluding hydrogens is 587 g/mol. The molecule has 0 bridgehead atoms. The third kappa shape index (κ3) is 4.16. The standard InChI is InChI=1S/C44H27N3O/c1-2-11-28(12-3-1)29-13-10-14-32(25-29)43-35-17-4-7-18-38(35)45-44(46-43)47-39-19-8-5-15-33(39)36-26-30(21-23-40(36)47)31-22-24-42-37(27-31)34-16-6-9-20-41(34)48-42/h1-27H. The molecule has 10 aromatic rings. The first-order valence-corrected chi connectivity index (χ1v) is 16.2. The van der Waals surface area contributed by atoms with Crippen molar-refractivity contribution < 1.29 is 4.42 Å². The predicted octanol–water partition coefficient (Wildman–Crippen LogP) is 11.6. The van der Waals surface area contributed by atoms with Gasteiger partial charge in [0.1, 0.15) is 11.2 Å². The van der Waals surface area contributed by atoms with Crippen molar-refractivity contribution >= 4 is 54.6 Å². The molecular formula is C44H27N3O. The summed E-state index contributed by atoms with van der Waals surface area (Å²) in [5.74, 6) is 0.652. The highest BCUT2D eigenvalue weighted by molar-refractivity contribution is 6.11. The lowest BCUT2D eigenvalue weighted by molar-refractivity contribution is 0.669. The molecule has 0 unspecified atom stereocenters. The predicted molar refractivity (Wildman–Crippen MR) is 197 cm³/mol. The van der Waals surface area contributed by atoms with Crippen molar-refractivity contribution in [2.75, 3.05) is 0 Å². The maximum atomic E-state index is 6.11. The van der Waals surface area contributed by atoms with Crippen LogP contribution in [0.25, 0.3) is 94.1 Å². The number of benzene rings is 7. The Kier molecular flexibility index (Phi) is 5.84. The van der Waals surface area contributed by atoms with E-state index < -0.39 is 0 Å². The number of fused-ring (bicyclic) bond motifs is 7. The van der Waals surface area contributed by atoms with Gasteiger partial charge in [-0.3, -0.25) is 4.57 Å². The van der Waals surface area contributed by atoms with E-state index in [1.54, 1.807) is 0 Å². The van der Waals surface area contributed by atoms with E-state index in [0.29, 0.717) is 5.95 Å². The van der Waals surface area contributed by atoms with Crippen molar-refractivity contribution in [2.24, 2.45) is 0 Å². The molecule has 4 nitrogen and oxygen atoms in total. The highest BCUT2D eigenvalue weighted by Crippen LogP contribution is 2.38. The minimum Gasteiger partial charge on any atom is -0.456 e. The molecule has 7 aromatic carbocycles. The van der Waals surface area contributed by atoms with Gasteiger partial charge in [-0.2, -0.15) is 0 Å². The van der Waals surface area contributed by atoms with E-state index in [1.165, 1.54) is 5.56 Å². The summed E-state index contributed by atoms with van der Waals surface area (Å²) in [6, 6.07) is 57.3. The molecule has 0 atom stereocenters. The summed E-state index contributed by atoms with van der Waals surface area (Å²) in [4.78, 5) is 10.5. The molecule has 0 spiro atoms. The molecule has 0 radical (unpaired) electrons. The van der Waals surface area contributed by atoms with E-state index in [0.717, 1.165) is 82.6 Å². The van der Waals surface area contributed by atoms with Crippen molar-refractivity contribution in [3.63, 3.8) is 0 Å². The van der Waals surface area contributed by atoms with Gasteiger partial charge in [0.25, 0.3) is 0 Å². The van der Waals surface area contributed by atoms with E-state index in [-0.39, 0.29) is 0 Å². The molecule has 0 amide bonds. The average Bonchev–Trinajstić information content (AvgIpc) is 3.70. The maximum absolute atomic E-state index is 6.11. The fourth-order valence-corrected chi connectivity index (χ4v) is 7.13.